The van der Waals surface area contributed by atoms with Gasteiger partial charge >= 0.3 is 24.0 Å². The highest BCUT2D eigenvalue weighted by Crippen LogP contribution is 2.54. The maximum atomic E-state index is 14.6. The zero-order chi connectivity index (χ0) is 25.3. The summed E-state index contributed by atoms with van der Waals surface area (Å²) in [5, 5.41) is 9.24. The number of hydrogen-bond acceptors (Lipinski definition) is 2. The van der Waals surface area contributed by atoms with Crippen molar-refractivity contribution in [1.29, 1.82) is 0 Å². The molecule has 2 aromatic carbocycles. The van der Waals surface area contributed by atoms with Crippen LogP contribution in [0.25, 0.3) is 0 Å². The standard InChI is InChI=1S/C25H22F7NO2/c26-23(24(27,28)29,25(30,31)32)16-4-6-17-14(12-16)3-8-21-19(17)9-10-33(21)20-7-2-13-11-15(22(34)35)1-5-18(13)20/h1,4-6,11-12,19-21H,2-3,7-10H2,(H,34,35)/t19-,20?,21?/m0/s1. The SMILES string of the molecule is O=C(O)c1ccc2c(c1)CCC2N1CC[C@H]2c3ccc(C(F)(C(F)(F)F)C(F)(F)F)cc3CCC21. The highest BCUT2D eigenvalue weighted by Gasteiger charge is 2.73. The maximum absolute atomic E-state index is 14.6. The summed E-state index contributed by atoms with van der Waals surface area (Å²) in [6, 6.07) is 7.85. The van der Waals surface area contributed by atoms with Gasteiger partial charge in [-0.15, -0.1) is 0 Å². The van der Waals surface area contributed by atoms with Crippen molar-refractivity contribution in [3.63, 3.8) is 0 Å². The van der Waals surface area contributed by atoms with Gasteiger partial charge in [-0.05, 0) is 73.0 Å². The molecule has 1 saturated heterocycles. The van der Waals surface area contributed by atoms with Gasteiger partial charge in [0.2, 0.25) is 0 Å². The molecule has 1 aliphatic heterocycles. The van der Waals surface area contributed by atoms with E-state index >= 15 is 0 Å². The molecule has 35 heavy (non-hydrogen) atoms. The number of carboxylic acids is 1. The van der Waals surface area contributed by atoms with E-state index in [1.54, 1.807) is 12.1 Å². The van der Waals surface area contributed by atoms with Crippen molar-refractivity contribution in [1.82, 2.24) is 4.90 Å². The quantitative estimate of drug-likeness (QED) is 0.491. The van der Waals surface area contributed by atoms with E-state index in [2.05, 4.69) is 4.90 Å². The van der Waals surface area contributed by atoms with Crippen LogP contribution in [0.4, 0.5) is 30.7 Å². The van der Waals surface area contributed by atoms with Crippen LogP contribution >= 0.6 is 0 Å². The lowest BCUT2D eigenvalue weighted by Crippen LogP contribution is -2.50. The predicted octanol–water partition coefficient (Wildman–Crippen LogP) is 6.47. The van der Waals surface area contributed by atoms with Crippen molar-refractivity contribution in [2.45, 2.75) is 68.1 Å². The summed E-state index contributed by atoms with van der Waals surface area (Å²) in [4.78, 5) is 13.6. The van der Waals surface area contributed by atoms with Gasteiger partial charge in [0, 0.05) is 23.6 Å². The molecule has 0 spiro atoms. The van der Waals surface area contributed by atoms with Gasteiger partial charge in [0.15, 0.2) is 0 Å². The Hall–Kier alpha value is -2.62. The van der Waals surface area contributed by atoms with E-state index in [1.165, 1.54) is 6.07 Å². The normalized spacial score (nSPS) is 24.7. The number of halogens is 7. The number of aryl methyl sites for hydroxylation is 2. The first kappa shape index (κ1) is 24.1. The van der Waals surface area contributed by atoms with Gasteiger partial charge < -0.3 is 5.11 Å². The van der Waals surface area contributed by atoms with Crippen LogP contribution in [0.15, 0.2) is 36.4 Å². The van der Waals surface area contributed by atoms with E-state index in [4.69, 9.17) is 0 Å². The van der Waals surface area contributed by atoms with Crippen LogP contribution in [-0.2, 0) is 18.5 Å². The number of rotatable bonds is 3. The van der Waals surface area contributed by atoms with Gasteiger partial charge in [0.05, 0.1) is 5.56 Å². The second kappa shape index (κ2) is 7.94. The molecule has 1 N–H and O–H groups in total. The van der Waals surface area contributed by atoms with Crippen molar-refractivity contribution in [3.05, 3.63) is 69.8 Å². The molecule has 3 aliphatic rings. The van der Waals surface area contributed by atoms with Crippen LogP contribution in [0, 0.1) is 0 Å². The number of likely N-dealkylation sites (tertiary alicyclic amines) is 1. The summed E-state index contributed by atoms with van der Waals surface area (Å²) in [7, 11) is 0. The van der Waals surface area contributed by atoms with Gasteiger partial charge in [-0.3, -0.25) is 4.90 Å². The molecule has 10 heteroatoms. The van der Waals surface area contributed by atoms with Crippen molar-refractivity contribution in [2.75, 3.05) is 6.54 Å². The minimum atomic E-state index is -6.13. The van der Waals surface area contributed by atoms with E-state index in [-0.39, 0.29) is 30.0 Å². The first-order valence-electron chi connectivity index (χ1n) is 11.4. The van der Waals surface area contributed by atoms with E-state index < -0.39 is 29.6 Å². The summed E-state index contributed by atoms with van der Waals surface area (Å²) in [6.07, 6.45) is -9.22. The Balaban J connectivity index is 1.43. The minimum absolute atomic E-state index is 0.0591. The van der Waals surface area contributed by atoms with Gasteiger partial charge in [0.1, 0.15) is 0 Å². The first-order chi connectivity index (χ1) is 16.3. The smallest absolute Gasteiger partial charge is 0.435 e. The van der Waals surface area contributed by atoms with Gasteiger partial charge in [-0.1, -0.05) is 24.3 Å². The van der Waals surface area contributed by atoms with Gasteiger partial charge in [-0.2, -0.15) is 26.3 Å². The lowest BCUT2D eigenvalue weighted by Gasteiger charge is -2.38. The van der Waals surface area contributed by atoms with E-state index in [9.17, 15) is 40.6 Å². The molecule has 188 valence electrons. The molecule has 5 rings (SSSR count). The molecule has 1 heterocycles. The van der Waals surface area contributed by atoms with Crippen LogP contribution in [0.3, 0.4) is 0 Å². The Bertz CT molecular complexity index is 1160. The molecular formula is C25H22F7NO2. The largest absolute Gasteiger partial charge is 0.478 e. The van der Waals surface area contributed by atoms with E-state index in [0.29, 0.717) is 36.6 Å². The zero-order valence-corrected chi connectivity index (χ0v) is 18.4. The summed E-state index contributed by atoms with van der Waals surface area (Å²) in [6.45, 7) is 0.708. The maximum Gasteiger partial charge on any atom is 0.435 e. The molecule has 2 aromatic rings. The van der Waals surface area contributed by atoms with Crippen molar-refractivity contribution in [3.8, 4) is 0 Å². The number of alkyl halides is 7. The Kier molecular flexibility index (Phi) is 5.47. The molecule has 1 fully saturated rings. The Morgan fingerprint density at radius 3 is 2.11 bits per heavy atom. The number of fused-ring (bicyclic) bond motifs is 4. The first-order valence-corrected chi connectivity index (χ1v) is 11.4. The average Bonchev–Trinajstić information content (AvgIpc) is 3.39. The summed E-state index contributed by atoms with van der Waals surface area (Å²) in [5.41, 5.74) is -3.56. The van der Waals surface area contributed by atoms with E-state index in [0.717, 1.165) is 30.0 Å². The minimum Gasteiger partial charge on any atom is -0.478 e. The summed E-state index contributed by atoms with van der Waals surface area (Å²) < 4.78 is 93.8. The van der Waals surface area contributed by atoms with Crippen LogP contribution in [-0.4, -0.2) is 40.9 Å². The molecular weight excluding hydrogens is 479 g/mol. The molecule has 0 saturated carbocycles. The Labute approximate surface area is 196 Å². The van der Waals surface area contributed by atoms with Crippen LogP contribution in [0.1, 0.15) is 69.4 Å². The molecule has 3 nitrogen and oxygen atoms in total. The fraction of sp³-hybridized carbons (Fsp3) is 0.480. The van der Waals surface area contributed by atoms with Crippen LogP contribution < -0.4 is 0 Å². The zero-order valence-electron chi connectivity index (χ0n) is 18.4. The Morgan fingerprint density at radius 2 is 1.46 bits per heavy atom. The molecule has 0 amide bonds. The fourth-order valence-electron chi connectivity index (χ4n) is 6.26. The van der Waals surface area contributed by atoms with Crippen molar-refractivity contribution < 1.29 is 40.6 Å². The number of hydrogen-bond donors (Lipinski definition) is 1. The second-order valence-electron chi connectivity index (χ2n) is 9.58. The number of carbonyl (C=O) groups is 1. The predicted molar refractivity (Wildman–Crippen MR) is 112 cm³/mol. The third kappa shape index (κ3) is 3.63. The fourth-order valence-corrected chi connectivity index (χ4v) is 6.26. The molecule has 0 aromatic heterocycles. The number of aromatic carboxylic acids is 1. The Morgan fingerprint density at radius 1 is 0.829 bits per heavy atom. The highest BCUT2D eigenvalue weighted by atomic mass is 19.4. The third-order valence-corrected chi connectivity index (χ3v) is 7.86. The molecule has 3 atom stereocenters. The topological polar surface area (TPSA) is 40.5 Å². The summed E-state index contributed by atoms with van der Waals surface area (Å²) in [5.74, 6) is -1.06. The highest BCUT2D eigenvalue weighted by molar-refractivity contribution is 5.88. The van der Waals surface area contributed by atoms with Crippen LogP contribution in [0.5, 0.6) is 0 Å². The number of benzene rings is 2. The molecule has 0 radical (unpaired) electrons. The molecule has 0 bridgehead atoms. The number of carboxylic acid groups (broad SMARTS) is 1. The molecule has 2 unspecified atom stereocenters. The van der Waals surface area contributed by atoms with Gasteiger partial charge in [0.25, 0.3) is 0 Å². The molecule has 2 aliphatic carbocycles. The third-order valence-electron chi connectivity index (χ3n) is 7.86. The second-order valence-corrected chi connectivity index (χ2v) is 9.58. The van der Waals surface area contributed by atoms with Crippen LogP contribution in [0.2, 0.25) is 0 Å². The van der Waals surface area contributed by atoms with Crippen molar-refractivity contribution in [2.24, 2.45) is 0 Å². The van der Waals surface area contributed by atoms with Crippen molar-refractivity contribution >= 4 is 5.97 Å². The average molecular weight is 501 g/mol. The van der Waals surface area contributed by atoms with Gasteiger partial charge in [-0.25, -0.2) is 9.18 Å². The summed E-state index contributed by atoms with van der Waals surface area (Å²) >= 11 is 0. The van der Waals surface area contributed by atoms with E-state index in [1.807, 2.05) is 6.07 Å². The monoisotopic (exact) mass is 501 g/mol. The number of nitrogens with zero attached hydrogens (tertiary/aromatic N) is 1. The lowest BCUT2D eigenvalue weighted by molar-refractivity contribution is -0.348. The lowest BCUT2D eigenvalue weighted by atomic mass is 9.77.